The Morgan fingerprint density at radius 2 is 2.00 bits per heavy atom. The van der Waals surface area contributed by atoms with Gasteiger partial charge in [0.25, 0.3) is 5.91 Å². The molecule has 2 bridgehead atoms. The normalized spacial score (nSPS) is 29.2. The third kappa shape index (κ3) is 6.99. The van der Waals surface area contributed by atoms with Crippen LogP contribution < -0.4 is 19.1 Å². The quantitative estimate of drug-likeness (QED) is 0.224. The number of ether oxygens (including phenoxy) is 3. The topological polar surface area (TPSA) is 133 Å². The molecule has 12 nitrogen and oxygen atoms in total. The first-order valence-corrected chi connectivity index (χ1v) is 20.4. The maximum absolute atomic E-state index is 15.0. The van der Waals surface area contributed by atoms with Gasteiger partial charge in [-0.15, -0.1) is 4.36 Å². The average molecular weight is 760 g/mol. The minimum Gasteiger partial charge on any atom is -0.490 e. The number of anilines is 2. The molecule has 1 fully saturated rings. The molecule has 0 saturated heterocycles. The number of amides is 1. The zero-order chi connectivity index (χ0) is 36.9. The summed E-state index contributed by atoms with van der Waals surface area (Å²) in [6.07, 6.45) is 11.8. The highest BCUT2D eigenvalue weighted by Crippen LogP contribution is 2.47. The number of halogens is 1. The lowest BCUT2D eigenvalue weighted by molar-refractivity contribution is 0.0131. The van der Waals surface area contributed by atoms with Crippen LogP contribution in [0, 0.1) is 17.8 Å². The molecule has 53 heavy (non-hydrogen) atoms. The van der Waals surface area contributed by atoms with Gasteiger partial charge in [0.15, 0.2) is 11.5 Å². The Kier molecular flexibility index (Phi) is 9.61. The number of rotatable bonds is 4. The first-order chi connectivity index (χ1) is 25.5. The summed E-state index contributed by atoms with van der Waals surface area (Å²) in [5.41, 5.74) is 3.85. The minimum absolute atomic E-state index is 0.0458. The average Bonchev–Trinajstić information content (AvgIpc) is 3.43. The van der Waals surface area contributed by atoms with Crippen molar-refractivity contribution in [1.29, 1.82) is 0 Å². The van der Waals surface area contributed by atoms with Gasteiger partial charge in [-0.25, -0.2) is 4.21 Å². The second kappa shape index (κ2) is 14.2. The second-order valence-electron chi connectivity index (χ2n) is 15.2. The standard InChI is InChI=1S/C39H46ClN7O5S/c1-24-7-5-9-33(50-3)29-13-10-27(29)19-47-22-39(16-6-8-25-17-28(40)12-14-31(25)39)23-52-34-15-11-26(18-32(34)47)37(48)45-53(49,21-24)44-36-30-20-46(2)43-35(30)41-38(42-36)51-4/h5,9,11-12,14-15,17-18,20,24,27,29,33H,6-8,10,13,16,19,21-23H2,1-4H3,(H,41,42,43,44,45,48,49)/b9-5-/t24-,27-,29+,33-,39-,53?/m0/s1. The van der Waals surface area contributed by atoms with Crippen LogP contribution in [-0.4, -0.2) is 75.6 Å². The van der Waals surface area contributed by atoms with Crippen molar-refractivity contribution in [2.75, 3.05) is 49.3 Å². The summed E-state index contributed by atoms with van der Waals surface area (Å²) in [5.74, 6) is 1.11. The van der Waals surface area contributed by atoms with Crippen LogP contribution in [0.3, 0.4) is 0 Å². The van der Waals surface area contributed by atoms with Crippen molar-refractivity contribution < 1.29 is 23.2 Å². The summed E-state index contributed by atoms with van der Waals surface area (Å²) < 4.78 is 42.2. The van der Waals surface area contributed by atoms with Gasteiger partial charge in [0, 0.05) is 49.4 Å². The molecule has 280 valence electrons. The number of methoxy groups -OCH3 is 2. The molecule has 6 atom stereocenters. The van der Waals surface area contributed by atoms with E-state index in [4.69, 9.17) is 25.8 Å². The van der Waals surface area contributed by atoms with Crippen molar-refractivity contribution >= 4 is 50.0 Å². The summed E-state index contributed by atoms with van der Waals surface area (Å²) in [6, 6.07) is 11.8. The van der Waals surface area contributed by atoms with Gasteiger partial charge >= 0.3 is 6.01 Å². The third-order valence-corrected chi connectivity index (χ3v) is 13.7. The first-order valence-electron chi connectivity index (χ1n) is 18.4. The summed E-state index contributed by atoms with van der Waals surface area (Å²) in [4.78, 5) is 25.5. The maximum Gasteiger partial charge on any atom is 0.320 e. The molecular weight excluding hydrogens is 714 g/mol. The fourth-order valence-electron chi connectivity index (χ4n) is 8.69. The summed E-state index contributed by atoms with van der Waals surface area (Å²) in [5, 5.41) is 5.67. The van der Waals surface area contributed by atoms with Crippen LogP contribution in [0.15, 0.2) is 59.1 Å². The lowest BCUT2D eigenvalue weighted by Gasteiger charge is -2.46. The molecule has 1 N–H and O–H groups in total. The molecule has 2 aliphatic carbocycles. The number of nitrogens with one attached hydrogen (secondary N) is 1. The predicted octanol–water partition coefficient (Wildman–Crippen LogP) is 6.77. The molecule has 1 amide bonds. The van der Waals surface area contributed by atoms with Gasteiger partial charge in [-0.05, 0) is 97.7 Å². The SMILES string of the molecule is COc1nc(NS2(=O)=NC(=O)c3ccc4c(c3)N(C[C@@H]3CC[C@H]3[C@@H](OC)/C=C\C[C@H](C)C2)C[C@@]2(CCCc3cc(Cl)ccc32)CO4)c2cn(C)nc2n1. The lowest BCUT2D eigenvalue weighted by Crippen LogP contribution is -2.49. The summed E-state index contributed by atoms with van der Waals surface area (Å²) in [6.45, 7) is 4.04. The highest BCUT2D eigenvalue weighted by Gasteiger charge is 2.44. The van der Waals surface area contributed by atoms with E-state index in [2.05, 4.69) is 53.3 Å². The van der Waals surface area contributed by atoms with Gasteiger partial charge in [-0.1, -0.05) is 36.7 Å². The summed E-state index contributed by atoms with van der Waals surface area (Å²) >= 11 is 6.48. The Labute approximate surface area is 315 Å². The molecule has 0 radical (unpaired) electrons. The van der Waals surface area contributed by atoms with Crippen molar-refractivity contribution in [2.45, 2.75) is 57.0 Å². The molecule has 1 spiro atoms. The van der Waals surface area contributed by atoms with Crippen LogP contribution in [-0.2, 0) is 33.5 Å². The van der Waals surface area contributed by atoms with E-state index in [1.54, 1.807) is 31.1 Å². The molecule has 1 saturated carbocycles. The molecule has 4 heterocycles. The Morgan fingerprint density at radius 3 is 2.79 bits per heavy atom. The van der Waals surface area contributed by atoms with E-state index in [1.807, 2.05) is 25.1 Å². The van der Waals surface area contributed by atoms with Gasteiger partial charge in [-0.2, -0.15) is 15.1 Å². The fourth-order valence-corrected chi connectivity index (χ4v) is 10.8. The minimum atomic E-state index is -3.43. The Hall–Kier alpha value is -4.20. The number of hydrogen-bond donors (Lipinski definition) is 1. The highest BCUT2D eigenvalue weighted by molar-refractivity contribution is 7.95. The monoisotopic (exact) mass is 759 g/mol. The molecule has 4 aliphatic rings. The number of aromatic nitrogens is 4. The van der Waals surface area contributed by atoms with E-state index in [0.29, 0.717) is 41.5 Å². The van der Waals surface area contributed by atoms with Crippen LogP contribution in [0.4, 0.5) is 11.5 Å². The fraction of sp³-hybridized carbons (Fsp3) is 0.487. The molecular formula is C39H46ClN7O5S. The number of fused-ring (bicyclic) bond motifs is 5. The van der Waals surface area contributed by atoms with Crippen molar-refractivity contribution in [3.8, 4) is 11.8 Å². The van der Waals surface area contributed by atoms with Gasteiger partial charge in [-0.3, -0.25) is 14.2 Å². The van der Waals surface area contributed by atoms with Crippen LogP contribution >= 0.6 is 11.6 Å². The van der Waals surface area contributed by atoms with E-state index in [-0.39, 0.29) is 35.0 Å². The number of hydrogen-bond acceptors (Lipinski definition) is 9. The Bertz CT molecular complexity index is 2220. The number of nitrogens with zero attached hydrogens (tertiary/aromatic N) is 6. The highest BCUT2D eigenvalue weighted by atomic mass is 35.5. The predicted molar refractivity (Wildman–Crippen MR) is 206 cm³/mol. The molecule has 14 heteroatoms. The van der Waals surface area contributed by atoms with E-state index in [0.717, 1.165) is 61.7 Å². The molecule has 2 aromatic heterocycles. The number of allylic oxidation sites excluding steroid dienone is 1. The van der Waals surface area contributed by atoms with Gasteiger partial charge in [0.2, 0.25) is 0 Å². The smallest absolute Gasteiger partial charge is 0.320 e. The van der Waals surface area contributed by atoms with E-state index >= 15 is 0 Å². The first kappa shape index (κ1) is 35.8. The number of carbonyl (C=O) groups is 1. The molecule has 4 aromatic rings. The van der Waals surface area contributed by atoms with Crippen LogP contribution in [0.2, 0.25) is 5.02 Å². The zero-order valence-corrected chi connectivity index (χ0v) is 32.2. The van der Waals surface area contributed by atoms with E-state index in [1.165, 1.54) is 18.2 Å². The van der Waals surface area contributed by atoms with Crippen LogP contribution in [0.25, 0.3) is 11.0 Å². The molecule has 2 aliphatic heterocycles. The van der Waals surface area contributed by atoms with Gasteiger partial charge < -0.3 is 19.1 Å². The van der Waals surface area contributed by atoms with Crippen molar-refractivity contribution in [2.24, 2.45) is 29.2 Å². The Balaban J connectivity index is 1.23. The van der Waals surface area contributed by atoms with E-state index in [9.17, 15) is 9.00 Å². The Morgan fingerprint density at radius 1 is 1.13 bits per heavy atom. The van der Waals surface area contributed by atoms with Crippen molar-refractivity contribution in [3.63, 3.8) is 0 Å². The molecule has 1 unspecified atom stereocenters. The van der Waals surface area contributed by atoms with Crippen molar-refractivity contribution in [1.82, 2.24) is 19.7 Å². The number of aryl methyl sites for hydroxylation is 2. The van der Waals surface area contributed by atoms with Gasteiger partial charge in [0.05, 0.1) is 36.6 Å². The van der Waals surface area contributed by atoms with Gasteiger partial charge in [0.1, 0.15) is 15.7 Å². The number of carbonyl (C=O) groups excluding carboxylic acids is 1. The second-order valence-corrected chi connectivity index (χ2v) is 17.6. The third-order valence-electron chi connectivity index (χ3n) is 11.4. The summed E-state index contributed by atoms with van der Waals surface area (Å²) in [7, 11) is 1.57. The zero-order valence-electron chi connectivity index (χ0n) is 30.6. The largest absolute Gasteiger partial charge is 0.490 e. The lowest BCUT2D eigenvalue weighted by atomic mass is 9.68. The number of benzene rings is 2. The molecule has 2 aromatic carbocycles. The van der Waals surface area contributed by atoms with E-state index < -0.39 is 15.8 Å². The van der Waals surface area contributed by atoms with Crippen LogP contribution in [0.5, 0.6) is 11.8 Å². The van der Waals surface area contributed by atoms with Crippen molar-refractivity contribution in [3.05, 3.63) is 76.5 Å². The van der Waals surface area contributed by atoms with Crippen LogP contribution in [0.1, 0.15) is 60.5 Å². The molecule has 8 rings (SSSR count). The maximum atomic E-state index is 15.0.